The number of carbonyl (C=O) groups excluding carboxylic acids is 1. The van der Waals surface area contributed by atoms with Crippen molar-refractivity contribution in [1.29, 1.82) is 0 Å². The molecule has 1 aromatic heterocycles. The lowest BCUT2D eigenvalue weighted by Gasteiger charge is -2.04. The van der Waals surface area contributed by atoms with Crippen LogP contribution >= 0.6 is 0 Å². The number of ether oxygens (including phenoxy) is 1. The molecule has 0 aliphatic heterocycles. The molecular weight excluding hydrogens is 257 g/mol. The van der Waals surface area contributed by atoms with E-state index in [-0.39, 0.29) is 6.61 Å². The van der Waals surface area contributed by atoms with E-state index < -0.39 is 40.2 Å². The molecule has 0 fully saturated rings. The van der Waals surface area contributed by atoms with Gasteiger partial charge in [0.2, 0.25) is 0 Å². The van der Waals surface area contributed by atoms with Crippen molar-refractivity contribution in [3.8, 4) is 0 Å². The number of nitrogens with zero attached hydrogens (tertiary/aromatic N) is 2. The van der Waals surface area contributed by atoms with Crippen LogP contribution < -0.4 is 0 Å². The SMILES string of the molecule is CCOC(=O)c1cc(F)c(C(F)F)c([N+](=O)[O-])n1. The summed E-state index contributed by atoms with van der Waals surface area (Å²) in [7, 11) is 0. The molecule has 0 saturated heterocycles. The van der Waals surface area contributed by atoms with Crippen LogP contribution in [0.5, 0.6) is 0 Å². The van der Waals surface area contributed by atoms with Gasteiger partial charge in [0, 0.05) is 6.07 Å². The van der Waals surface area contributed by atoms with E-state index in [1.165, 1.54) is 6.92 Å². The maximum Gasteiger partial charge on any atom is 0.383 e. The first-order valence-corrected chi connectivity index (χ1v) is 4.68. The third-order valence-corrected chi connectivity index (χ3v) is 1.86. The minimum absolute atomic E-state index is 0.0630. The monoisotopic (exact) mass is 264 g/mol. The Morgan fingerprint density at radius 3 is 2.67 bits per heavy atom. The summed E-state index contributed by atoms with van der Waals surface area (Å²) in [6, 6.07) is 0.381. The van der Waals surface area contributed by atoms with E-state index in [0.29, 0.717) is 6.07 Å². The largest absolute Gasteiger partial charge is 0.460 e. The zero-order chi connectivity index (χ0) is 13.9. The summed E-state index contributed by atoms with van der Waals surface area (Å²) in [5.74, 6) is -4.09. The first-order chi connectivity index (χ1) is 8.38. The van der Waals surface area contributed by atoms with Gasteiger partial charge in [-0.25, -0.2) is 18.0 Å². The summed E-state index contributed by atoms with van der Waals surface area (Å²) in [6.45, 7) is 1.39. The molecule has 0 aliphatic carbocycles. The Hall–Kier alpha value is -2.19. The molecule has 0 saturated carbocycles. The Kier molecular flexibility index (Phi) is 4.18. The molecule has 1 aromatic rings. The molecule has 0 atom stereocenters. The Balaban J connectivity index is 3.36. The highest BCUT2D eigenvalue weighted by Gasteiger charge is 2.31. The van der Waals surface area contributed by atoms with Crippen molar-refractivity contribution in [2.45, 2.75) is 13.3 Å². The van der Waals surface area contributed by atoms with Gasteiger partial charge in [-0.1, -0.05) is 0 Å². The first kappa shape index (κ1) is 13.9. The van der Waals surface area contributed by atoms with Crippen LogP contribution in [0.15, 0.2) is 6.07 Å². The van der Waals surface area contributed by atoms with Crippen molar-refractivity contribution in [2.75, 3.05) is 6.61 Å². The molecule has 0 amide bonds. The number of hydrogen-bond acceptors (Lipinski definition) is 5. The molecule has 0 N–H and O–H groups in total. The summed E-state index contributed by atoms with van der Waals surface area (Å²) in [5, 5.41) is 10.5. The molecular formula is C9H7F3N2O4. The van der Waals surface area contributed by atoms with Gasteiger partial charge in [0.25, 0.3) is 12.1 Å². The number of esters is 1. The third kappa shape index (κ3) is 2.73. The minimum Gasteiger partial charge on any atom is -0.460 e. The summed E-state index contributed by atoms with van der Waals surface area (Å²) in [5.41, 5.74) is -2.18. The maximum atomic E-state index is 13.3. The highest BCUT2D eigenvalue weighted by atomic mass is 19.3. The molecule has 9 heteroatoms. The van der Waals surface area contributed by atoms with Crippen LogP contribution in [-0.2, 0) is 4.74 Å². The highest BCUT2D eigenvalue weighted by Crippen LogP contribution is 2.30. The van der Waals surface area contributed by atoms with Gasteiger partial charge in [0.15, 0.2) is 5.56 Å². The van der Waals surface area contributed by atoms with E-state index in [9.17, 15) is 28.1 Å². The standard InChI is InChI=1S/C9H7F3N2O4/c1-2-18-9(15)5-3-4(10)6(7(11)12)8(13-5)14(16)17/h3,7H,2H2,1H3. The normalized spacial score (nSPS) is 10.5. The topological polar surface area (TPSA) is 82.3 Å². The molecule has 0 aromatic carbocycles. The molecule has 18 heavy (non-hydrogen) atoms. The predicted octanol–water partition coefficient (Wildman–Crippen LogP) is 2.24. The zero-order valence-electron chi connectivity index (χ0n) is 9.02. The molecule has 0 unspecified atom stereocenters. The number of rotatable bonds is 4. The van der Waals surface area contributed by atoms with Crippen LogP contribution in [-0.4, -0.2) is 22.5 Å². The molecule has 6 nitrogen and oxygen atoms in total. The minimum atomic E-state index is -3.41. The molecule has 1 heterocycles. The summed E-state index contributed by atoms with van der Waals surface area (Å²) in [6.07, 6.45) is -3.41. The van der Waals surface area contributed by atoms with Crippen molar-refractivity contribution in [2.24, 2.45) is 0 Å². The Morgan fingerprint density at radius 1 is 1.61 bits per heavy atom. The van der Waals surface area contributed by atoms with Crippen LogP contribution in [0.4, 0.5) is 19.0 Å². The Bertz CT molecular complexity index is 493. The lowest BCUT2D eigenvalue weighted by Crippen LogP contribution is -2.11. The number of aromatic nitrogens is 1. The lowest BCUT2D eigenvalue weighted by molar-refractivity contribution is -0.391. The van der Waals surface area contributed by atoms with Crippen molar-refractivity contribution >= 4 is 11.8 Å². The lowest BCUT2D eigenvalue weighted by atomic mass is 10.2. The smallest absolute Gasteiger partial charge is 0.383 e. The maximum absolute atomic E-state index is 13.3. The highest BCUT2D eigenvalue weighted by molar-refractivity contribution is 5.87. The molecule has 98 valence electrons. The van der Waals surface area contributed by atoms with E-state index in [4.69, 9.17) is 0 Å². The number of pyridine rings is 1. The Morgan fingerprint density at radius 2 is 2.22 bits per heavy atom. The Labute approximate surface area is 98.5 Å². The van der Waals surface area contributed by atoms with Gasteiger partial charge in [-0.05, 0) is 16.8 Å². The van der Waals surface area contributed by atoms with Gasteiger partial charge in [0.05, 0.1) is 6.61 Å². The number of nitro groups is 1. The van der Waals surface area contributed by atoms with Gasteiger partial charge >= 0.3 is 11.8 Å². The molecule has 0 radical (unpaired) electrons. The second-order valence-corrected chi connectivity index (χ2v) is 3.00. The van der Waals surface area contributed by atoms with Crippen LogP contribution in [0, 0.1) is 15.9 Å². The van der Waals surface area contributed by atoms with Crippen LogP contribution in [0.1, 0.15) is 29.4 Å². The second-order valence-electron chi connectivity index (χ2n) is 3.00. The second kappa shape index (κ2) is 5.43. The summed E-state index contributed by atoms with van der Waals surface area (Å²) >= 11 is 0. The molecule has 0 spiro atoms. The number of carbonyl (C=O) groups is 1. The van der Waals surface area contributed by atoms with Crippen molar-refractivity contribution < 1.29 is 27.6 Å². The number of hydrogen-bond donors (Lipinski definition) is 0. The summed E-state index contributed by atoms with van der Waals surface area (Å²) in [4.78, 5) is 23.5. The fourth-order valence-electron chi connectivity index (χ4n) is 1.16. The van der Waals surface area contributed by atoms with Crippen LogP contribution in [0.25, 0.3) is 0 Å². The van der Waals surface area contributed by atoms with Crippen molar-refractivity contribution in [3.63, 3.8) is 0 Å². The fourth-order valence-corrected chi connectivity index (χ4v) is 1.16. The molecule has 0 bridgehead atoms. The van der Waals surface area contributed by atoms with Gasteiger partial charge in [-0.15, -0.1) is 0 Å². The van der Waals surface area contributed by atoms with Crippen molar-refractivity contribution in [1.82, 2.24) is 4.98 Å². The number of alkyl halides is 2. The third-order valence-electron chi connectivity index (χ3n) is 1.86. The number of halogens is 3. The van der Waals surface area contributed by atoms with Gasteiger partial charge in [-0.2, -0.15) is 0 Å². The van der Waals surface area contributed by atoms with Crippen LogP contribution in [0.2, 0.25) is 0 Å². The van der Waals surface area contributed by atoms with Gasteiger partial charge in [-0.3, -0.25) is 0 Å². The van der Waals surface area contributed by atoms with Gasteiger partial charge in [0.1, 0.15) is 5.82 Å². The van der Waals surface area contributed by atoms with Gasteiger partial charge < -0.3 is 14.9 Å². The zero-order valence-corrected chi connectivity index (χ0v) is 9.02. The quantitative estimate of drug-likeness (QED) is 0.473. The predicted molar refractivity (Wildman–Crippen MR) is 51.8 cm³/mol. The van der Waals surface area contributed by atoms with Crippen molar-refractivity contribution in [3.05, 3.63) is 33.3 Å². The average molecular weight is 264 g/mol. The average Bonchev–Trinajstić information content (AvgIpc) is 2.27. The molecule has 0 aliphatic rings. The van der Waals surface area contributed by atoms with E-state index in [2.05, 4.69) is 9.72 Å². The summed E-state index contributed by atoms with van der Waals surface area (Å²) < 4.78 is 42.6. The van der Waals surface area contributed by atoms with E-state index in [1.807, 2.05) is 0 Å². The van der Waals surface area contributed by atoms with E-state index in [0.717, 1.165) is 0 Å². The van der Waals surface area contributed by atoms with Crippen LogP contribution in [0.3, 0.4) is 0 Å². The molecule has 1 rings (SSSR count). The fraction of sp³-hybridized carbons (Fsp3) is 0.333. The first-order valence-electron chi connectivity index (χ1n) is 4.68. The van der Waals surface area contributed by atoms with E-state index in [1.54, 1.807) is 0 Å². The van der Waals surface area contributed by atoms with E-state index >= 15 is 0 Å².